The molecule has 5 rings (SSSR count). The Kier molecular flexibility index (Phi) is 5.78. The van der Waals surface area contributed by atoms with Gasteiger partial charge in [0, 0.05) is 36.1 Å². The first-order valence-electron chi connectivity index (χ1n) is 9.84. The minimum Gasteiger partial charge on any atom is -0.505 e. The molecular weight excluding hydrogens is 437 g/mol. The van der Waals surface area contributed by atoms with E-state index in [2.05, 4.69) is 37.1 Å². The van der Waals surface area contributed by atoms with Crippen LogP contribution in [-0.4, -0.2) is 43.7 Å². The number of fused-ring (bicyclic) bond motifs is 2. The molecule has 11 heteroatoms. The number of aliphatic hydroxyl groups is 1. The van der Waals surface area contributed by atoms with Gasteiger partial charge >= 0.3 is 6.18 Å². The molecule has 5 N–H and O–H groups in total. The number of benzene rings is 1. The highest BCUT2D eigenvalue weighted by atomic mass is 19.4. The second-order valence-electron chi connectivity index (χ2n) is 7.18. The van der Waals surface area contributed by atoms with Crippen LogP contribution in [0.1, 0.15) is 16.1 Å². The molecule has 0 spiro atoms. The molecular formula is C22H19F3N6O2. The van der Waals surface area contributed by atoms with Gasteiger partial charge in [-0.2, -0.15) is 13.2 Å². The van der Waals surface area contributed by atoms with Gasteiger partial charge in [0.05, 0.1) is 16.6 Å². The fraction of sp³-hybridized carbons (Fsp3) is 0.136. The molecule has 0 radical (unpaired) electrons. The maximum absolute atomic E-state index is 12.0. The highest BCUT2D eigenvalue weighted by Crippen LogP contribution is 2.26. The number of hydrogen-bond acceptors (Lipinski definition) is 5. The molecule has 0 fully saturated rings. The summed E-state index contributed by atoms with van der Waals surface area (Å²) in [6, 6.07) is 13.6. The number of anilines is 2. The van der Waals surface area contributed by atoms with E-state index >= 15 is 0 Å². The van der Waals surface area contributed by atoms with Crippen LogP contribution in [0.4, 0.5) is 24.9 Å². The van der Waals surface area contributed by atoms with Crippen molar-refractivity contribution in [3.8, 4) is 11.3 Å². The molecule has 0 saturated carbocycles. The molecule has 0 unspecified atom stereocenters. The summed E-state index contributed by atoms with van der Waals surface area (Å²) in [5, 5.41) is 13.6. The van der Waals surface area contributed by atoms with Crippen molar-refractivity contribution in [3.05, 3.63) is 72.3 Å². The first-order chi connectivity index (χ1) is 15.7. The lowest BCUT2D eigenvalue weighted by Crippen LogP contribution is -2.31. The predicted molar refractivity (Wildman–Crippen MR) is 117 cm³/mol. The summed E-state index contributed by atoms with van der Waals surface area (Å²) in [5.74, 6) is -0.462. The van der Waals surface area contributed by atoms with Crippen LogP contribution < -0.4 is 10.6 Å². The number of H-pyrrole nitrogens is 2. The summed E-state index contributed by atoms with van der Waals surface area (Å²) >= 11 is 0. The fourth-order valence-corrected chi connectivity index (χ4v) is 3.25. The molecule has 4 heterocycles. The molecule has 0 saturated heterocycles. The molecule has 0 bridgehead atoms. The second kappa shape index (κ2) is 8.69. The summed E-state index contributed by atoms with van der Waals surface area (Å²) in [7, 11) is 0. The largest absolute Gasteiger partial charge is 0.505 e. The molecule has 1 amide bonds. The zero-order chi connectivity index (χ0) is 23.6. The minimum atomic E-state index is -4.64. The number of carbonyl (C=O) groups excluding carboxylic acids is 1. The zero-order valence-corrected chi connectivity index (χ0v) is 17.1. The molecule has 33 heavy (non-hydrogen) atoms. The lowest BCUT2D eigenvalue weighted by atomic mass is 10.1. The number of carbonyl (C=O) groups is 1. The predicted octanol–water partition coefficient (Wildman–Crippen LogP) is 4.60. The Balaban J connectivity index is 0.000000325. The van der Waals surface area contributed by atoms with E-state index in [1.807, 2.05) is 42.5 Å². The molecule has 0 aliphatic carbocycles. The Bertz CT molecular complexity index is 1290. The average Bonchev–Trinajstić information content (AvgIpc) is 3.38. The number of imidazole rings is 1. The van der Waals surface area contributed by atoms with Gasteiger partial charge in [-0.1, -0.05) is 18.7 Å². The fourth-order valence-electron chi connectivity index (χ4n) is 3.25. The smallest absolute Gasteiger partial charge is 0.448 e. The Hall–Kier alpha value is -4.28. The van der Waals surface area contributed by atoms with E-state index in [4.69, 9.17) is 5.11 Å². The van der Waals surface area contributed by atoms with Crippen LogP contribution in [0.3, 0.4) is 0 Å². The summed E-state index contributed by atoms with van der Waals surface area (Å²) in [6.07, 6.45) is -2.09. The van der Waals surface area contributed by atoms with E-state index < -0.39 is 11.9 Å². The maximum Gasteiger partial charge on any atom is 0.448 e. The van der Waals surface area contributed by atoms with Crippen LogP contribution in [0.25, 0.3) is 22.3 Å². The molecule has 1 aliphatic heterocycles. The highest BCUT2D eigenvalue weighted by Gasteiger charge is 2.31. The van der Waals surface area contributed by atoms with Gasteiger partial charge in [-0.05, 0) is 30.3 Å². The number of amides is 1. The lowest BCUT2D eigenvalue weighted by Gasteiger charge is -2.10. The van der Waals surface area contributed by atoms with Crippen molar-refractivity contribution in [3.63, 3.8) is 0 Å². The van der Waals surface area contributed by atoms with E-state index in [0.29, 0.717) is 18.3 Å². The van der Waals surface area contributed by atoms with Crippen LogP contribution >= 0.6 is 0 Å². The number of halogens is 3. The zero-order valence-electron chi connectivity index (χ0n) is 17.1. The number of alkyl halides is 3. The number of aromatic nitrogens is 4. The van der Waals surface area contributed by atoms with Crippen molar-refractivity contribution in [2.75, 3.05) is 11.9 Å². The number of hydrogen-bond donors (Lipinski definition) is 5. The van der Waals surface area contributed by atoms with E-state index in [9.17, 15) is 18.0 Å². The number of nitrogens with one attached hydrogen (secondary N) is 4. The van der Waals surface area contributed by atoms with Crippen molar-refractivity contribution >= 4 is 28.7 Å². The van der Waals surface area contributed by atoms with Crippen molar-refractivity contribution < 1.29 is 23.1 Å². The van der Waals surface area contributed by atoms with Gasteiger partial charge in [0.25, 0.3) is 5.91 Å². The maximum atomic E-state index is 12.0. The number of para-hydroxylation sites is 2. The topological polar surface area (TPSA) is 119 Å². The van der Waals surface area contributed by atoms with Gasteiger partial charge in [-0.25, -0.2) is 9.97 Å². The van der Waals surface area contributed by atoms with Gasteiger partial charge in [0.2, 0.25) is 5.95 Å². The summed E-state index contributed by atoms with van der Waals surface area (Å²) in [4.78, 5) is 27.4. The van der Waals surface area contributed by atoms with Crippen molar-refractivity contribution in [2.24, 2.45) is 0 Å². The molecule has 8 nitrogen and oxygen atoms in total. The lowest BCUT2D eigenvalue weighted by molar-refractivity contribution is -0.119. The van der Waals surface area contributed by atoms with E-state index in [1.165, 1.54) is 0 Å². The quantitative estimate of drug-likeness (QED) is 0.289. The standard InChI is InChI=1S/C19H16N6O.C3H3F3O/c26-18-12-10-16(22-13(12)6-8-21-18)11-5-7-20-17(9-11)25-19-23-14-3-1-2-4-15(14)24-19;1-2(7)3(4,5)6/h1-5,7,9-10,22H,6,8H2,(H,21,26)(H2,20,23,24,25);7H,1H2. The van der Waals surface area contributed by atoms with Crippen LogP contribution in [0.2, 0.25) is 0 Å². The molecule has 1 aromatic carbocycles. The molecule has 1 aliphatic rings. The number of pyridine rings is 1. The van der Waals surface area contributed by atoms with Crippen molar-refractivity contribution in [2.45, 2.75) is 12.6 Å². The Labute approximate surface area is 185 Å². The summed E-state index contributed by atoms with van der Waals surface area (Å²) in [6.45, 7) is 2.92. The van der Waals surface area contributed by atoms with Crippen LogP contribution in [-0.2, 0) is 6.42 Å². The third-order valence-corrected chi connectivity index (χ3v) is 4.84. The first-order valence-corrected chi connectivity index (χ1v) is 9.84. The SMILES string of the molecule is C=C(O)C(F)(F)F.O=C1NCCc2[nH]c(-c3ccnc(Nc4nc5ccccc5[nH]4)c3)cc21. The monoisotopic (exact) mass is 456 g/mol. The van der Waals surface area contributed by atoms with Crippen LogP contribution in [0, 0.1) is 0 Å². The van der Waals surface area contributed by atoms with Gasteiger partial charge in [-0.15, -0.1) is 0 Å². The summed E-state index contributed by atoms with van der Waals surface area (Å²) < 4.78 is 32.5. The average molecular weight is 456 g/mol. The second-order valence-corrected chi connectivity index (χ2v) is 7.18. The van der Waals surface area contributed by atoms with Gasteiger partial charge in [-0.3, -0.25) is 4.79 Å². The first kappa shape index (κ1) is 21.9. The number of allylic oxidation sites excluding steroid dienone is 1. The molecule has 170 valence electrons. The van der Waals surface area contributed by atoms with Gasteiger partial charge in [0.1, 0.15) is 5.82 Å². The molecule has 3 aromatic heterocycles. The Morgan fingerprint density at radius 3 is 2.61 bits per heavy atom. The Morgan fingerprint density at radius 1 is 1.15 bits per heavy atom. The number of aliphatic hydroxyl groups excluding tert-OH is 1. The third kappa shape index (κ3) is 4.97. The van der Waals surface area contributed by atoms with E-state index in [0.717, 1.165) is 40.0 Å². The number of rotatable bonds is 3. The van der Waals surface area contributed by atoms with E-state index in [-0.39, 0.29) is 5.91 Å². The van der Waals surface area contributed by atoms with Crippen molar-refractivity contribution in [1.29, 1.82) is 0 Å². The highest BCUT2D eigenvalue weighted by molar-refractivity contribution is 5.97. The number of aromatic amines is 2. The molecule has 4 aromatic rings. The minimum absolute atomic E-state index is 0.0246. The number of nitrogens with zero attached hydrogens (tertiary/aromatic N) is 2. The van der Waals surface area contributed by atoms with Crippen LogP contribution in [0.15, 0.2) is 61.0 Å². The van der Waals surface area contributed by atoms with Crippen molar-refractivity contribution in [1.82, 2.24) is 25.3 Å². The van der Waals surface area contributed by atoms with E-state index in [1.54, 1.807) is 6.20 Å². The van der Waals surface area contributed by atoms with Gasteiger partial charge < -0.3 is 25.7 Å². The Morgan fingerprint density at radius 2 is 1.91 bits per heavy atom. The summed E-state index contributed by atoms with van der Waals surface area (Å²) in [5.41, 5.74) is 5.42. The van der Waals surface area contributed by atoms with Crippen LogP contribution in [0.5, 0.6) is 0 Å². The molecule has 0 atom stereocenters. The third-order valence-electron chi connectivity index (χ3n) is 4.84. The van der Waals surface area contributed by atoms with Gasteiger partial charge in [0.15, 0.2) is 5.76 Å². The normalized spacial score (nSPS) is 13.0.